The number of rotatable bonds is 11. The Morgan fingerprint density at radius 1 is 0.956 bits per heavy atom. The van der Waals surface area contributed by atoms with E-state index in [0.29, 0.717) is 12.5 Å². The number of hydrogen-bond donors (Lipinski definition) is 2. The zero-order valence-electron chi connectivity index (χ0n) is 28.0. The minimum Gasteiger partial charge on any atom is -0.479 e. The van der Waals surface area contributed by atoms with E-state index in [0.717, 1.165) is 50.5 Å². The van der Waals surface area contributed by atoms with E-state index in [1.54, 1.807) is 17.3 Å². The quantitative estimate of drug-likeness (QED) is 0.229. The summed E-state index contributed by atoms with van der Waals surface area (Å²) in [5, 5.41) is 9.10. The number of methoxy groups -OCH3 is 2. The maximum absolute atomic E-state index is 13.3. The number of aryl methyl sites for hydroxylation is 1. The summed E-state index contributed by atoms with van der Waals surface area (Å²) in [4.78, 5) is 27.0. The van der Waals surface area contributed by atoms with Crippen molar-refractivity contribution in [3.8, 4) is 23.5 Å². The van der Waals surface area contributed by atoms with Gasteiger partial charge in [0.2, 0.25) is 17.7 Å². The van der Waals surface area contributed by atoms with Crippen LogP contribution in [0.4, 0.5) is 11.6 Å². The summed E-state index contributed by atoms with van der Waals surface area (Å²) in [5.74, 6) is 1.34. The number of hydrogen-bond acceptors (Lipinski definition) is 10. The van der Waals surface area contributed by atoms with Crippen LogP contribution < -0.4 is 35.2 Å². The molecule has 1 aromatic carbocycles. The first-order valence-corrected chi connectivity index (χ1v) is 22.2. The third kappa shape index (κ3) is 7.54. The molecule has 0 spiro atoms. The Morgan fingerprint density at radius 2 is 1.58 bits per heavy atom. The number of fused-ring (bicyclic) bond motifs is 1. The molecule has 0 radical (unpaired) electrons. The molecule has 2 N–H and O–H groups in total. The van der Waals surface area contributed by atoms with E-state index in [1.807, 2.05) is 0 Å². The Labute approximate surface area is 268 Å². The number of nitrogens with zero attached hydrogens (tertiary/aromatic N) is 4. The fourth-order valence-corrected chi connectivity index (χ4v) is 16.4. The highest BCUT2D eigenvalue weighted by molar-refractivity contribution is 7.03. The van der Waals surface area contributed by atoms with Gasteiger partial charge in [0, 0.05) is 38.8 Å². The van der Waals surface area contributed by atoms with E-state index in [-0.39, 0.29) is 29.2 Å². The second kappa shape index (κ2) is 13.5. The van der Waals surface area contributed by atoms with Gasteiger partial charge in [-0.05, 0) is 44.6 Å². The van der Waals surface area contributed by atoms with Crippen LogP contribution in [0.5, 0.6) is 23.5 Å². The van der Waals surface area contributed by atoms with Crippen molar-refractivity contribution in [2.24, 2.45) is 0 Å². The number of nitrogens with one attached hydrogen (secondary N) is 2. The minimum absolute atomic E-state index is 0.0825. The van der Waals surface area contributed by atoms with Gasteiger partial charge in [0.1, 0.15) is 5.75 Å². The Balaban J connectivity index is 1.24. The van der Waals surface area contributed by atoms with E-state index in [2.05, 4.69) is 82.7 Å². The van der Waals surface area contributed by atoms with Gasteiger partial charge >= 0.3 is 0 Å². The number of carbonyl (C=O) groups is 1. The number of piperazine rings is 1. The standard InChI is InChI=1S/C32H48N6O5Si2/c1-22-20-25-26(45(7,8)19-18-44(25,5)6)21-24(22)43-27-11-10-23(42-27)29(39)34-28-30(40-3)35-32(36-31(28)41-4)33-12-9-13-38-16-14-37(2)15-17-38/h10-11,20-21H,9,12-19H2,1-8H3,(H,34,39)(H,33,35,36). The molecule has 13 heteroatoms. The van der Waals surface area contributed by atoms with Gasteiger partial charge < -0.3 is 39.1 Å². The Kier molecular flexibility index (Phi) is 9.92. The van der Waals surface area contributed by atoms with E-state index in [4.69, 9.17) is 18.6 Å². The highest BCUT2D eigenvalue weighted by atomic mass is 28.3. The van der Waals surface area contributed by atoms with Crippen molar-refractivity contribution < 1.29 is 23.4 Å². The second-order valence-electron chi connectivity index (χ2n) is 13.5. The molecule has 2 aliphatic rings. The van der Waals surface area contributed by atoms with Gasteiger partial charge in [-0.15, -0.1) is 0 Å². The summed E-state index contributed by atoms with van der Waals surface area (Å²) in [6.45, 7) is 17.9. The van der Waals surface area contributed by atoms with Crippen molar-refractivity contribution in [2.75, 3.05) is 71.2 Å². The maximum Gasteiger partial charge on any atom is 0.291 e. The SMILES string of the molecule is COc1nc(NCCCN2CCN(C)CC2)nc(OC)c1NC(=O)c1ccc(Oc2cc3c(cc2C)[Si](C)(C)CC[Si]3(C)C)o1. The molecule has 1 saturated heterocycles. The lowest BCUT2D eigenvalue weighted by Crippen LogP contribution is -2.63. The number of amides is 1. The lowest BCUT2D eigenvalue weighted by atomic mass is 10.2. The van der Waals surface area contributed by atoms with Crippen LogP contribution in [-0.2, 0) is 0 Å². The molecule has 0 atom stereocenters. The number of benzene rings is 1. The third-order valence-corrected chi connectivity index (χ3v) is 16.7. The molecule has 0 aliphatic carbocycles. The molecule has 3 aromatic rings. The van der Waals surface area contributed by atoms with Crippen molar-refractivity contribution in [1.82, 2.24) is 19.8 Å². The highest BCUT2D eigenvalue weighted by Crippen LogP contribution is 2.34. The first-order chi connectivity index (χ1) is 21.4. The van der Waals surface area contributed by atoms with Crippen LogP contribution in [0.2, 0.25) is 38.3 Å². The molecule has 1 amide bonds. The van der Waals surface area contributed by atoms with Crippen LogP contribution in [0.15, 0.2) is 28.7 Å². The summed E-state index contributed by atoms with van der Waals surface area (Å²) in [5.41, 5.74) is 1.29. The summed E-state index contributed by atoms with van der Waals surface area (Å²) >= 11 is 0. The molecule has 2 aromatic heterocycles. The molecule has 244 valence electrons. The molecule has 45 heavy (non-hydrogen) atoms. The molecule has 4 heterocycles. The predicted octanol–water partition coefficient (Wildman–Crippen LogP) is 4.33. The number of ether oxygens (including phenoxy) is 3. The van der Waals surface area contributed by atoms with Crippen LogP contribution >= 0.6 is 0 Å². The summed E-state index contributed by atoms with van der Waals surface area (Å²) in [7, 11) is 2.11. The lowest BCUT2D eigenvalue weighted by molar-refractivity contribution is 0.0990. The maximum atomic E-state index is 13.3. The molecular weight excluding hydrogens is 605 g/mol. The summed E-state index contributed by atoms with van der Waals surface area (Å²) < 4.78 is 23.1. The average Bonchev–Trinajstić information content (AvgIpc) is 3.48. The van der Waals surface area contributed by atoms with Crippen LogP contribution in [0.25, 0.3) is 0 Å². The number of carbonyl (C=O) groups excluding carboxylic acids is 1. The number of aromatic nitrogens is 2. The van der Waals surface area contributed by atoms with Crippen LogP contribution in [-0.4, -0.2) is 102 Å². The molecule has 5 rings (SSSR count). The molecule has 11 nitrogen and oxygen atoms in total. The fourth-order valence-electron chi connectivity index (χ4n) is 6.07. The monoisotopic (exact) mass is 652 g/mol. The largest absolute Gasteiger partial charge is 0.479 e. The third-order valence-electron chi connectivity index (χ3n) is 9.16. The highest BCUT2D eigenvalue weighted by Gasteiger charge is 2.40. The molecule has 1 fully saturated rings. The molecular formula is C32H48N6O5Si2. The van der Waals surface area contributed by atoms with Crippen molar-refractivity contribution in [1.29, 1.82) is 0 Å². The van der Waals surface area contributed by atoms with Gasteiger partial charge in [-0.1, -0.05) is 54.7 Å². The molecule has 0 bridgehead atoms. The Bertz CT molecular complexity index is 1490. The van der Waals surface area contributed by atoms with Crippen molar-refractivity contribution in [3.63, 3.8) is 0 Å². The molecule has 0 saturated carbocycles. The number of furan rings is 1. The second-order valence-corrected chi connectivity index (χ2v) is 23.1. The van der Waals surface area contributed by atoms with Crippen molar-refractivity contribution >= 4 is 44.1 Å². The topological polar surface area (TPSA) is 114 Å². The smallest absolute Gasteiger partial charge is 0.291 e. The molecule has 2 aliphatic heterocycles. The number of likely N-dealkylation sites (N-methyl/N-ethyl adjacent to an activating group) is 1. The van der Waals surface area contributed by atoms with E-state index < -0.39 is 22.1 Å². The normalized spacial score (nSPS) is 17.8. The van der Waals surface area contributed by atoms with E-state index >= 15 is 0 Å². The fraction of sp³-hybridized carbons (Fsp3) is 0.531. The van der Waals surface area contributed by atoms with Gasteiger partial charge in [-0.3, -0.25) is 4.79 Å². The van der Waals surface area contributed by atoms with Gasteiger partial charge in [0.05, 0.1) is 30.4 Å². The first kappa shape index (κ1) is 33.0. The number of anilines is 2. The van der Waals surface area contributed by atoms with E-state index in [1.165, 1.54) is 31.5 Å². The Hall–Kier alpha value is -3.40. The van der Waals surface area contributed by atoms with Gasteiger partial charge in [0.15, 0.2) is 11.4 Å². The van der Waals surface area contributed by atoms with Crippen molar-refractivity contribution in [2.45, 2.75) is 51.6 Å². The van der Waals surface area contributed by atoms with Crippen LogP contribution in [0.3, 0.4) is 0 Å². The predicted molar refractivity (Wildman–Crippen MR) is 184 cm³/mol. The lowest BCUT2D eigenvalue weighted by Gasteiger charge is -2.40. The van der Waals surface area contributed by atoms with Gasteiger partial charge in [-0.2, -0.15) is 9.97 Å². The minimum atomic E-state index is -1.55. The van der Waals surface area contributed by atoms with Crippen molar-refractivity contribution in [3.05, 3.63) is 35.6 Å². The van der Waals surface area contributed by atoms with Crippen LogP contribution in [0.1, 0.15) is 22.5 Å². The van der Waals surface area contributed by atoms with Gasteiger partial charge in [0.25, 0.3) is 11.9 Å². The van der Waals surface area contributed by atoms with Gasteiger partial charge in [-0.25, -0.2) is 0 Å². The zero-order valence-corrected chi connectivity index (χ0v) is 30.0. The summed E-state index contributed by atoms with van der Waals surface area (Å²) in [6, 6.07) is 10.4. The zero-order chi connectivity index (χ0) is 32.4. The first-order valence-electron chi connectivity index (χ1n) is 15.8. The van der Waals surface area contributed by atoms with Crippen LogP contribution in [0, 0.1) is 6.92 Å². The summed E-state index contributed by atoms with van der Waals surface area (Å²) in [6.07, 6.45) is 0.948. The van der Waals surface area contributed by atoms with E-state index in [9.17, 15) is 4.79 Å². The average molecular weight is 653 g/mol. The molecule has 0 unspecified atom stereocenters. The Morgan fingerprint density at radius 3 is 2.20 bits per heavy atom.